The maximum absolute atomic E-state index is 14.0. The molecule has 3 amide bonds. The molecule has 0 aliphatic rings. The molecule has 0 spiro atoms. The maximum Gasteiger partial charge on any atom is 0.272 e. The number of hydrogen-bond acceptors (Lipinski definition) is 6. The summed E-state index contributed by atoms with van der Waals surface area (Å²) >= 11 is 4.44. The summed E-state index contributed by atoms with van der Waals surface area (Å²) in [5, 5.41) is 8.04. The van der Waals surface area contributed by atoms with Gasteiger partial charge < -0.3 is 25.1 Å². The minimum absolute atomic E-state index is 0.0370. The Hall–Kier alpha value is -5.13. The predicted molar refractivity (Wildman–Crippen MR) is 181 cm³/mol. The number of furan rings is 1. The van der Waals surface area contributed by atoms with E-state index in [1.165, 1.54) is 30.0 Å². The minimum Gasteiger partial charge on any atom is -0.496 e. The van der Waals surface area contributed by atoms with Crippen molar-refractivity contribution in [2.24, 2.45) is 0 Å². The fraction of sp³-hybridized carbons (Fsp3) is 0.0571. The summed E-state index contributed by atoms with van der Waals surface area (Å²) in [6.07, 6.45) is 1.45. The number of anilines is 2. The van der Waals surface area contributed by atoms with E-state index >= 15 is 0 Å². The molecule has 46 heavy (non-hydrogen) atoms. The van der Waals surface area contributed by atoms with E-state index in [1.807, 2.05) is 24.3 Å². The van der Waals surface area contributed by atoms with Gasteiger partial charge in [-0.15, -0.1) is 11.8 Å². The summed E-state index contributed by atoms with van der Waals surface area (Å²) in [6.45, 7) is 0. The zero-order chi connectivity index (χ0) is 32.5. The van der Waals surface area contributed by atoms with Gasteiger partial charge in [0.25, 0.3) is 11.8 Å². The van der Waals surface area contributed by atoms with E-state index in [-0.39, 0.29) is 23.0 Å². The molecule has 3 N–H and O–H groups in total. The first kappa shape index (κ1) is 32.3. The van der Waals surface area contributed by atoms with Crippen molar-refractivity contribution >= 4 is 62.9 Å². The zero-order valence-corrected chi connectivity index (χ0v) is 26.8. The SMILES string of the molecule is COc1ccccc1-c1ccc(C=C(NC(=O)c2ccccc2)C(=O)Nc2ccc(SCC(=O)Nc3ccc(Br)cc3F)cc2)o1. The smallest absolute Gasteiger partial charge is 0.272 e. The Bertz CT molecular complexity index is 1890. The summed E-state index contributed by atoms with van der Waals surface area (Å²) in [5.41, 5.74) is 1.64. The highest BCUT2D eigenvalue weighted by atomic mass is 79.9. The van der Waals surface area contributed by atoms with Crippen LogP contribution >= 0.6 is 27.7 Å². The quantitative estimate of drug-likeness (QED) is 0.0952. The Morgan fingerprint density at radius 2 is 1.63 bits per heavy atom. The number of amides is 3. The van der Waals surface area contributed by atoms with Crippen LogP contribution in [0.3, 0.4) is 0 Å². The Labute approximate surface area is 277 Å². The number of methoxy groups -OCH3 is 1. The molecule has 0 unspecified atom stereocenters. The number of rotatable bonds is 11. The lowest BCUT2D eigenvalue weighted by atomic mass is 10.1. The van der Waals surface area contributed by atoms with Gasteiger partial charge in [-0.25, -0.2) is 4.39 Å². The topological polar surface area (TPSA) is 110 Å². The van der Waals surface area contributed by atoms with E-state index < -0.39 is 17.6 Å². The molecule has 0 bridgehead atoms. The van der Waals surface area contributed by atoms with Crippen LogP contribution in [-0.4, -0.2) is 30.6 Å². The lowest BCUT2D eigenvalue weighted by Gasteiger charge is -2.11. The summed E-state index contributed by atoms with van der Waals surface area (Å²) in [7, 11) is 1.57. The van der Waals surface area contributed by atoms with Crippen LogP contribution in [0.1, 0.15) is 16.1 Å². The number of carbonyl (C=O) groups is 3. The molecule has 5 rings (SSSR count). The van der Waals surface area contributed by atoms with Gasteiger partial charge in [0.15, 0.2) is 0 Å². The summed E-state index contributed by atoms with van der Waals surface area (Å²) in [6, 6.07) is 30.6. The van der Waals surface area contributed by atoms with Gasteiger partial charge in [0.2, 0.25) is 5.91 Å². The van der Waals surface area contributed by atoms with Crippen LogP contribution in [-0.2, 0) is 9.59 Å². The van der Waals surface area contributed by atoms with Crippen molar-refractivity contribution in [2.45, 2.75) is 4.90 Å². The fourth-order valence-electron chi connectivity index (χ4n) is 4.27. The second-order valence-corrected chi connectivity index (χ2v) is 11.7. The second-order valence-electron chi connectivity index (χ2n) is 9.72. The lowest BCUT2D eigenvalue weighted by molar-refractivity contribution is -0.114. The highest BCUT2D eigenvalue weighted by molar-refractivity contribution is 9.10. The Morgan fingerprint density at radius 3 is 2.37 bits per heavy atom. The molecule has 1 aromatic heterocycles. The van der Waals surface area contributed by atoms with Crippen LogP contribution in [0.15, 0.2) is 129 Å². The van der Waals surface area contributed by atoms with Crippen LogP contribution in [0, 0.1) is 5.82 Å². The van der Waals surface area contributed by atoms with Gasteiger partial charge in [0, 0.05) is 26.7 Å². The highest BCUT2D eigenvalue weighted by Crippen LogP contribution is 2.31. The van der Waals surface area contributed by atoms with E-state index in [2.05, 4.69) is 31.9 Å². The number of hydrogen-bond donors (Lipinski definition) is 3. The summed E-state index contributed by atoms with van der Waals surface area (Å²) in [4.78, 5) is 39.5. The van der Waals surface area contributed by atoms with E-state index in [0.29, 0.717) is 33.0 Å². The van der Waals surface area contributed by atoms with Crippen molar-refractivity contribution in [3.05, 3.63) is 137 Å². The van der Waals surface area contributed by atoms with Crippen molar-refractivity contribution < 1.29 is 27.9 Å². The number of nitrogens with one attached hydrogen (secondary N) is 3. The zero-order valence-electron chi connectivity index (χ0n) is 24.4. The molecule has 0 fully saturated rings. The molecule has 232 valence electrons. The normalized spacial score (nSPS) is 11.1. The molecule has 8 nitrogen and oxygen atoms in total. The Balaban J connectivity index is 1.28. The first-order chi connectivity index (χ1) is 22.3. The Kier molecular flexibility index (Phi) is 10.7. The van der Waals surface area contributed by atoms with Crippen molar-refractivity contribution in [1.82, 2.24) is 5.32 Å². The molecule has 0 aliphatic heterocycles. The number of thioether (sulfide) groups is 1. The second kappa shape index (κ2) is 15.2. The van der Waals surface area contributed by atoms with Crippen molar-refractivity contribution in [2.75, 3.05) is 23.5 Å². The van der Waals surface area contributed by atoms with Gasteiger partial charge in [-0.05, 0) is 78.9 Å². The minimum atomic E-state index is -0.573. The number of halogens is 2. The number of ether oxygens (including phenoxy) is 1. The number of benzene rings is 4. The molecular formula is C35H27BrFN3O5S. The van der Waals surface area contributed by atoms with E-state index in [1.54, 1.807) is 79.9 Å². The van der Waals surface area contributed by atoms with Gasteiger partial charge in [-0.1, -0.05) is 46.3 Å². The fourth-order valence-corrected chi connectivity index (χ4v) is 5.30. The van der Waals surface area contributed by atoms with Crippen molar-refractivity contribution in [3.63, 3.8) is 0 Å². The molecule has 1 heterocycles. The molecule has 5 aromatic rings. The van der Waals surface area contributed by atoms with Gasteiger partial charge in [0.1, 0.15) is 28.8 Å². The molecule has 0 aliphatic carbocycles. The van der Waals surface area contributed by atoms with Crippen molar-refractivity contribution in [3.8, 4) is 17.1 Å². The molecule has 0 saturated heterocycles. The molecular weight excluding hydrogens is 673 g/mol. The standard InChI is InChI=1S/C35H27BrFN3O5S/c1-44-31-10-6-5-9-27(31)32-18-14-25(45-32)20-30(40-34(42)22-7-3-2-4-8-22)35(43)38-24-12-15-26(16-13-24)46-21-33(41)39-29-17-11-23(36)19-28(29)37/h2-20H,21H2,1H3,(H,38,43)(H,39,41)(H,40,42). The summed E-state index contributed by atoms with van der Waals surface area (Å²) in [5.74, 6) is -0.385. The first-order valence-corrected chi connectivity index (χ1v) is 15.7. The third-order valence-electron chi connectivity index (χ3n) is 6.50. The van der Waals surface area contributed by atoms with Crippen LogP contribution in [0.25, 0.3) is 17.4 Å². The monoisotopic (exact) mass is 699 g/mol. The average Bonchev–Trinajstić information content (AvgIpc) is 3.54. The molecule has 11 heteroatoms. The number of carbonyl (C=O) groups excluding carboxylic acids is 3. The van der Waals surface area contributed by atoms with Gasteiger partial charge in [0.05, 0.1) is 24.1 Å². The van der Waals surface area contributed by atoms with Crippen LogP contribution < -0.4 is 20.7 Å². The van der Waals surface area contributed by atoms with E-state index in [9.17, 15) is 18.8 Å². The van der Waals surface area contributed by atoms with Crippen LogP contribution in [0.2, 0.25) is 0 Å². The Morgan fingerprint density at radius 1 is 0.891 bits per heavy atom. The van der Waals surface area contributed by atoms with E-state index in [0.717, 1.165) is 10.5 Å². The molecule has 4 aromatic carbocycles. The molecule has 0 saturated carbocycles. The maximum atomic E-state index is 14.0. The third kappa shape index (κ3) is 8.52. The van der Waals surface area contributed by atoms with Crippen LogP contribution in [0.4, 0.5) is 15.8 Å². The average molecular weight is 701 g/mol. The molecule has 0 radical (unpaired) electrons. The third-order valence-corrected chi connectivity index (χ3v) is 8.01. The van der Waals surface area contributed by atoms with Gasteiger partial charge in [-0.3, -0.25) is 14.4 Å². The number of para-hydroxylation sites is 1. The highest BCUT2D eigenvalue weighted by Gasteiger charge is 2.17. The lowest BCUT2D eigenvalue weighted by Crippen LogP contribution is -2.30. The van der Waals surface area contributed by atoms with Crippen LogP contribution in [0.5, 0.6) is 5.75 Å². The first-order valence-electron chi connectivity index (χ1n) is 13.9. The van der Waals surface area contributed by atoms with Gasteiger partial charge in [-0.2, -0.15) is 0 Å². The predicted octanol–water partition coefficient (Wildman–Crippen LogP) is 8.00. The largest absolute Gasteiger partial charge is 0.496 e. The van der Waals surface area contributed by atoms with Crippen molar-refractivity contribution in [1.29, 1.82) is 0 Å². The molecule has 0 atom stereocenters. The van der Waals surface area contributed by atoms with E-state index in [4.69, 9.17) is 9.15 Å². The summed E-state index contributed by atoms with van der Waals surface area (Å²) < 4.78 is 26.0. The van der Waals surface area contributed by atoms with Gasteiger partial charge >= 0.3 is 0 Å².